The van der Waals surface area contributed by atoms with Gasteiger partial charge in [-0.3, -0.25) is 37.3 Å². The topological polar surface area (TPSA) is 237 Å². The molecule has 0 aliphatic heterocycles. The largest absolute Gasteiger partial charge is 0.472 e. The Hall–Kier alpha value is -1.94. The first-order valence-electron chi connectivity index (χ1n) is 43.0. The molecule has 6 atom stereocenters. The van der Waals surface area contributed by atoms with Crippen molar-refractivity contribution in [3.8, 4) is 0 Å². The monoisotopic (exact) mass is 1490 g/mol. The summed E-state index contributed by atoms with van der Waals surface area (Å²) in [6.07, 6.45) is 65.5. The van der Waals surface area contributed by atoms with Gasteiger partial charge in [0.05, 0.1) is 26.4 Å². The third-order valence-electron chi connectivity index (χ3n) is 19.8. The summed E-state index contributed by atoms with van der Waals surface area (Å²) in [5, 5.41) is 10.6. The van der Waals surface area contributed by atoms with E-state index in [2.05, 4.69) is 41.5 Å². The molecule has 0 bridgehead atoms. The number of aliphatic hydroxyl groups excluding tert-OH is 1. The normalized spacial score (nSPS) is 14.1. The van der Waals surface area contributed by atoms with Crippen molar-refractivity contribution in [2.75, 3.05) is 39.6 Å². The first-order valence-corrected chi connectivity index (χ1v) is 46.0. The van der Waals surface area contributed by atoms with Crippen LogP contribution in [0.2, 0.25) is 0 Å². The molecule has 0 spiro atoms. The molecule has 0 rings (SSSR count). The first kappa shape index (κ1) is 100. The Labute approximate surface area is 626 Å². The van der Waals surface area contributed by atoms with Crippen LogP contribution in [-0.4, -0.2) is 96.7 Å². The quantitative estimate of drug-likeness (QED) is 0.0222. The van der Waals surface area contributed by atoms with Gasteiger partial charge in [-0.15, -0.1) is 0 Å². The van der Waals surface area contributed by atoms with Crippen LogP contribution in [0.3, 0.4) is 0 Å². The number of carbonyl (C=O) groups is 4. The number of aliphatic hydroxyl groups is 1. The number of ether oxygens (including phenoxy) is 4. The van der Waals surface area contributed by atoms with E-state index >= 15 is 0 Å². The fourth-order valence-electron chi connectivity index (χ4n) is 12.9. The van der Waals surface area contributed by atoms with Crippen LogP contribution in [0, 0.1) is 11.8 Å². The molecule has 0 fully saturated rings. The van der Waals surface area contributed by atoms with E-state index in [0.29, 0.717) is 25.7 Å². The third-order valence-corrected chi connectivity index (χ3v) is 21.7. The molecule has 0 heterocycles. The number of hydrogen-bond donors (Lipinski definition) is 3. The summed E-state index contributed by atoms with van der Waals surface area (Å²) < 4.78 is 68.7. The van der Waals surface area contributed by atoms with Gasteiger partial charge in [0.15, 0.2) is 12.2 Å². The van der Waals surface area contributed by atoms with Crippen molar-refractivity contribution in [1.82, 2.24) is 0 Å². The van der Waals surface area contributed by atoms with Crippen molar-refractivity contribution in [2.45, 2.75) is 458 Å². The van der Waals surface area contributed by atoms with Crippen LogP contribution in [0.5, 0.6) is 0 Å². The Kier molecular flexibility index (Phi) is 73.1. The predicted molar refractivity (Wildman–Crippen MR) is 418 cm³/mol. The molecule has 3 unspecified atom stereocenters. The summed E-state index contributed by atoms with van der Waals surface area (Å²) >= 11 is 0. The van der Waals surface area contributed by atoms with E-state index in [1.165, 1.54) is 250 Å². The van der Waals surface area contributed by atoms with Crippen LogP contribution in [0.1, 0.15) is 440 Å². The highest BCUT2D eigenvalue weighted by atomic mass is 31.2. The lowest BCUT2D eigenvalue weighted by Crippen LogP contribution is -2.30. The Bertz CT molecular complexity index is 1960. The maximum absolute atomic E-state index is 13.1. The van der Waals surface area contributed by atoms with Crippen LogP contribution in [0.15, 0.2) is 0 Å². The molecule has 0 amide bonds. The molecule has 0 aromatic carbocycles. The number of rotatable bonds is 82. The highest BCUT2D eigenvalue weighted by Crippen LogP contribution is 2.45. The summed E-state index contributed by atoms with van der Waals surface area (Å²) in [7, 11) is -9.92. The third kappa shape index (κ3) is 74.9. The van der Waals surface area contributed by atoms with E-state index in [4.69, 9.17) is 37.0 Å². The van der Waals surface area contributed by atoms with Crippen LogP contribution in [0.4, 0.5) is 0 Å². The minimum absolute atomic E-state index is 0.105. The standard InChI is InChI=1S/C83H162O17P2/c1-7-10-12-14-16-18-20-22-24-26-28-29-30-31-33-35-37-39-43-47-55-61-67-82(87)99-78(71-93-80(85)65-59-53-46-42-38-36-34-32-27-25-23-21-19-17-15-13-11-8-2)73-97-101(89,90)95-69-77(84)70-96-102(91,92)98-74-79(72-94-81(86)66-60-54-50-49-52-58-64-76(6)9-3)100-83(88)68-62-56-48-44-40-41-45-51-57-63-75(4)5/h75-79,84H,7-74H2,1-6H3,(H,89,90)(H,91,92)/t76?,77-,78-,79-/m1/s1. The number of phosphoric ester groups is 2. The smallest absolute Gasteiger partial charge is 0.462 e. The molecular weight excluding hydrogens is 1330 g/mol. The summed E-state index contributed by atoms with van der Waals surface area (Å²) in [5.41, 5.74) is 0. The highest BCUT2D eigenvalue weighted by molar-refractivity contribution is 7.47. The zero-order valence-electron chi connectivity index (χ0n) is 66.9. The lowest BCUT2D eigenvalue weighted by atomic mass is 10.00. The second-order valence-electron chi connectivity index (χ2n) is 30.6. The van der Waals surface area contributed by atoms with Crippen LogP contribution >= 0.6 is 15.6 Å². The van der Waals surface area contributed by atoms with E-state index in [0.717, 1.165) is 108 Å². The second-order valence-corrected chi connectivity index (χ2v) is 33.5. The van der Waals surface area contributed by atoms with E-state index in [1.54, 1.807) is 0 Å². The molecule has 0 aromatic heterocycles. The first-order chi connectivity index (χ1) is 49.4. The van der Waals surface area contributed by atoms with E-state index in [9.17, 15) is 43.2 Å². The fourth-order valence-corrected chi connectivity index (χ4v) is 14.4. The molecule has 0 saturated heterocycles. The van der Waals surface area contributed by atoms with E-state index < -0.39 is 97.5 Å². The average Bonchev–Trinajstić information content (AvgIpc) is 0.916. The van der Waals surface area contributed by atoms with Crippen molar-refractivity contribution in [2.24, 2.45) is 11.8 Å². The Balaban J connectivity index is 5.20. The lowest BCUT2D eigenvalue weighted by molar-refractivity contribution is -0.161. The molecule has 0 aliphatic rings. The number of esters is 4. The molecule has 0 aliphatic carbocycles. The minimum atomic E-state index is -4.96. The SMILES string of the molecule is CCCCCCCCCCCCCCCCCCCCCCCCC(=O)O[C@H](COC(=O)CCCCCCCCCCCCCCCCCCCC)COP(=O)(O)OC[C@@H](O)COP(=O)(O)OC[C@@H](COC(=O)CCCCCCCCC(C)CC)OC(=O)CCCCCCCCCCCC(C)C. The fraction of sp³-hybridized carbons (Fsp3) is 0.952. The van der Waals surface area contributed by atoms with Crippen LogP contribution in [0.25, 0.3) is 0 Å². The molecule has 19 heteroatoms. The van der Waals surface area contributed by atoms with Crippen molar-refractivity contribution < 1.29 is 80.2 Å². The van der Waals surface area contributed by atoms with E-state index in [1.807, 2.05) is 0 Å². The van der Waals surface area contributed by atoms with Crippen molar-refractivity contribution in [3.05, 3.63) is 0 Å². The molecule has 17 nitrogen and oxygen atoms in total. The van der Waals surface area contributed by atoms with Gasteiger partial charge >= 0.3 is 39.5 Å². The van der Waals surface area contributed by atoms with Gasteiger partial charge in [0, 0.05) is 25.7 Å². The van der Waals surface area contributed by atoms with Crippen LogP contribution < -0.4 is 0 Å². The summed E-state index contributed by atoms with van der Waals surface area (Å²) in [6.45, 7) is 9.57. The number of phosphoric acid groups is 2. The van der Waals surface area contributed by atoms with Crippen molar-refractivity contribution in [3.63, 3.8) is 0 Å². The second kappa shape index (κ2) is 74.5. The number of carbonyl (C=O) groups excluding carboxylic acids is 4. The maximum atomic E-state index is 13.1. The Morgan fingerprint density at radius 3 is 0.745 bits per heavy atom. The summed E-state index contributed by atoms with van der Waals surface area (Å²) in [4.78, 5) is 73.0. The zero-order chi connectivity index (χ0) is 74.9. The van der Waals surface area contributed by atoms with E-state index in [-0.39, 0.29) is 25.7 Å². The van der Waals surface area contributed by atoms with Gasteiger partial charge in [-0.2, -0.15) is 0 Å². The molecule has 102 heavy (non-hydrogen) atoms. The molecule has 0 saturated carbocycles. The average molecular weight is 1490 g/mol. The van der Waals surface area contributed by atoms with Gasteiger partial charge in [0.2, 0.25) is 0 Å². The van der Waals surface area contributed by atoms with Crippen molar-refractivity contribution in [1.29, 1.82) is 0 Å². The number of hydrogen-bond acceptors (Lipinski definition) is 15. The minimum Gasteiger partial charge on any atom is -0.462 e. The van der Waals surface area contributed by atoms with Gasteiger partial charge in [0.25, 0.3) is 0 Å². The van der Waals surface area contributed by atoms with Gasteiger partial charge in [-0.05, 0) is 37.5 Å². The van der Waals surface area contributed by atoms with Crippen LogP contribution in [-0.2, 0) is 65.4 Å². The molecule has 0 aromatic rings. The van der Waals surface area contributed by atoms with Gasteiger partial charge in [-0.1, -0.05) is 388 Å². The van der Waals surface area contributed by atoms with Gasteiger partial charge < -0.3 is 33.8 Å². The van der Waals surface area contributed by atoms with Gasteiger partial charge in [0.1, 0.15) is 19.3 Å². The molecule has 3 N–H and O–H groups in total. The van der Waals surface area contributed by atoms with Crippen molar-refractivity contribution >= 4 is 39.5 Å². The number of unbranched alkanes of at least 4 members (excludes halogenated alkanes) is 51. The highest BCUT2D eigenvalue weighted by Gasteiger charge is 2.30. The predicted octanol–water partition coefficient (Wildman–Crippen LogP) is 25.1. The Morgan fingerprint density at radius 2 is 0.500 bits per heavy atom. The molecular formula is C83H162O17P2. The molecule has 0 radical (unpaired) electrons. The Morgan fingerprint density at radius 1 is 0.284 bits per heavy atom. The zero-order valence-corrected chi connectivity index (χ0v) is 68.7. The maximum Gasteiger partial charge on any atom is 0.472 e. The van der Waals surface area contributed by atoms with Gasteiger partial charge in [-0.25, -0.2) is 9.13 Å². The summed E-state index contributed by atoms with van der Waals surface area (Å²) in [5.74, 6) is -0.643. The lowest BCUT2D eigenvalue weighted by Gasteiger charge is -2.21. The molecule has 606 valence electrons. The summed E-state index contributed by atoms with van der Waals surface area (Å²) in [6, 6.07) is 0.